The second-order valence-corrected chi connectivity index (χ2v) is 5.16. The molecule has 1 saturated carbocycles. The number of aromatic nitrogens is 3. The molecule has 2 aromatic heterocycles. The largest absolute Gasteiger partial charge is 0.393 e. The summed E-state index contributed by atoms with van der Waals surface area (Å²) in [5, 5.41) is 9.57. The van der Waals surface area contributed by atoms with Gasteiger partial charge in [-0.15, -0.1) is 0 Å². The van der Waals surface area contributed by atoms with Crippen LogP contribution in [-0.4, -0.2) is 25.7 Å². The van der Waals surface area contributed by atoms with Gasteiger partial charge in [-0.05, 0) is 44.2 Å². The topological polar surface area (TPSA) is 77.0 Å². The average Bonchev–Trinajstić information content (AvgIpc) is 2.65. The van der Waals surface area contributed by atoms with Gasteiger partial charge in [0.05, 0.1) is 6.10 Å². The Kier molecular flexibility index (Phi) is 2.70. The van der Waals surface area contributed by atoms with Gasteiger partial charge in [-0.1, -0.05) is 0 Å². The summed E-state index contributed by atoms with van der Waals surface area (Å²) in [4.78, 5) is 8.84. The number of anilines is 1. The number of hydrogen-bond donors (Lipinski definition) is 2. The molecule has 3 N–H and O–H groups in total. The number of nitrogens with zero attached hydrogens (tertiary/aromatic N) is 3. The molecular weight excluding hydrogens is 228 g/mol. The summed E-state index contributed by atoms with van der Waals surface area (Å²) in [5.74, 6) is 0.532. The van der Waals surface area contributed by atoms with Crippen LogP contribution < -0.4 is 5.73 Å². The number of aryl methyl sites for hydroxylation is 1. The van der Waals surface area contributed by atoms with Crippen molar-refractivity contribution in [3.05, 3.63) is 17.8 Å². The minimum atomic E-state index is -0.160. The summed E-state index contributed by atoms with van der Waals surface area (Å²) in [6.45, 7) is 2.00. The van der Waals surface area contributed by atoms with E-state index < -0.39 is 0 Å². The van der Waals surface area contributed by atoms with Crippen LogP contribution in [0.15, 0.2) is 12.3 Å². The summed E-state index contributed by atoms with van der Waals surface area (Å²) >= 11 is 0. The lowest BCUT2D eigenvalue weighted by Crippen LogP contribution is -2.22. The Morgan fingerprint density at radius 3 is 2.78 bits per heavy atom. The van der Waals surface area contributed by atoms with Gasteiger partial charge in [0.15, 0.2) is 5.65 Å². The van der Waals surface area contributed by atoms with E-state index in [1.165, 1.54) is 0 Å². The van der Waals surface area contributed by atoms with E-state index >= 15 is 0 Å². The smallest absolute Gasteiger partial charge is 0.202 e. The van der Waals surface area contributed by atoms with E-state index in [0.717, 1.165) is 42.4 Å². The number of nitrogen functional groups attached to an aromatic ring is 1. The van der Waals surface area contributed by atoms with Crippen LogP contribution in [0.3, 0.4) is 0 Å². The first kappa shape index (κ1) is 11.5. The van der Waals surface area contributed by atoms with Crippen molar-refractivity contribution in [2.24, 2.45) is 0 Å². The van der Waals surface area contributed by atoms with Crippen molar-refractivity contribution >= 4 is 17.1 Å². The molecule has 0 unspecified atom stereocenters. The Balaban J connectivity index is 2.03. The highest BCUT2D eigenvalue weighted by Crippen LogP contribution is 2.32. The van der Waals surface area contributed by atoms with Crippen molar-refractivity contribution in [3.8, 4) is 0 Å². The molecule has 5 nitrogen and oxygen atoms in total. The van der Waals surface area contributed by atoms with Crippen LogP contribution in [0.5, 0.6) is 0 Å². The monoisotopic (exact) mass is 246 g/mol. The Bertz CT molecular complexity index is 570. The zero-order chi connectivity index (χ0) is 12.7. The van der Waals surface area contributed by atoms with Gasteiger partial charge in [0.1, 0.15) is 5.52 Å². The minimum Gasteiger partial charge on any atom is -0.393 e. The van der Waals surface area contributed by atoms with Crippen molar-refractivity contribution in [1.82, 2.24) is 14.5 Å². The molecule has 0 saturated heterocycles. The molecule has 3 rings (SSSR count). The highest BCUT2D eigenvalue weighted by atomic mass is 16.3. The number of pyridine rings is 1. The standard InChI is InChI=1S/C13H18N4O/c1-8-6-11-12(15-7-8)17(13(14)16-11)9-2-4-10(18)5-3-9/h6-7,9-10,18H,2-5H2,1H3,(H2,14,16). The molecule has 2 heterocycles. The summed E-state index contributed by atoms with van der Waals surface area (Å²) in [6.07, 6.45) is 5.22. The number of nitrogens with two attached hydrogens (primary N) is 1. The summed E-state index contributed by atoms with van der Waals surface area (Å²) in [7, 11) is 0. The number of imidazole rings is 1. The number of aliphatic hydroxyl groups excluding tert-OH is 1. The van der Waals surface area contributed by atoms with Crippen LogP contribution in [0.2, 0.25) is 0 Å². The second kappa shape index (κ2) is 4.24. The van der Waals surface area contributed by atoms with Crippen molar-refractivity contribution in [2.75, 3.05) is 5.73 Å². The highest BCUT2D eigenvalue weighted by molar-refractivity contribution is 5.74. The number of rotatable bonds is 1. The van der Waals surface area contributed by atoms with Crippen molar-refractivity contribution < 1.29 is 5.11 Å². The predicted octanol–water partition coefficient (Wildman–Crippen LogP) is 1.80. The first-order valence-electron chi connectivity index (χ1n) is 6.43. The van der Waals surface area contributed by atoms with Crippen LogP contribution in [0.25, 0.3) is 11.2 Å². The molecule has 0 aliphatic heterocycles. The summed E-state index contributed by atoms with van der Waals surface area (Å²) < 4.78 is 2.03. The van der Waals surface area contributed by atoms with Crippen molar-refractivity contribution in [2.45, 2.75) is 44.8 Å². The molecule has 96 valence electrons. The Labute approximate surface area is 106 Å². The van der Waals surface area contributed by atoms with Gasteiger partial charge in [-0.25, -0.2) is 9.97 Å². The number of fused-ring (bicyclic) bond motifs is 1. The van der Waals surface area contributed by atoms with Gasteiger partial charge in [0, 0.05) is 12.2 Å². The fourth-order valence-electron chi connectivity index (χ4n) is 2.78. The van der Waals surface area contributed by atoms with Crippen molar-refractivity contribution in [1.29, 1.82) is 0 Å². The third-order valence-corrected chi connectivity index (χ3v) is 3.73. The lowest BCUT2D eigenvalue weighted by Gasteiger charge is -2.27. The van der Waals surface area contributed by atoms with Crippen LogP contribution in [0.4, 0.5) is 5.95 Å². The minimum absolute atomic E-state index is 0.160. The van der Waals surface area contributed by atoms with Gasteiger partial charge >= 0.3 is 0 Å². The molecule has 0 radical (unpaired) electrons. The maximum atomic E-state index is 9.57. The first-order valence-corrected chi connectivity index (χ1v) is 6.43. The Morgan fingerprint density at radius 1 is 1.33 bits per heavy atom. The van der Waals surface area contributed by atoms with E-state index in [4.69, 9.17) is 5.73 Å². The van der Waals surface area contributed by atoms with E-state index in [-0.39, 0.29) is 6.10 Å². The molecule has 1 aliphatic rings. The molecule has 0 atom stereocenters. The molecule has 1 fully saturated rings. The molecule has 0 spiro atoms. The lowest BCUT2D eigenvalue weighted by molar-refractivity contribution is 0.112. The van der Waals surface area contributed by atoms with Crippen molar-refractivity contribution in [3.63, 3.8) is 0 Å². The maximum absolute atomic E-state index is 9.57. The molecule has 0 aromatic carbocycles. The van der Waals surface area contributed by atoms with Crippen LogP contribution >= 0.6 is 0 Å². The quantitative estimate of drug-likeness (QED) is 0.804. The van der Waals surface area contributed by atoms with Gasteiger partial charge in [-0.2, -0.15) is 0 Å². The van der Waals surface area contributed by atoms with Crippen LogP contribution in [-0.2, 0) is 0 Å². The normalized spacial score (nSPS) is 24.6. The predicted molar refractivity (Wildman–Crippen MR) is 70.2 cm³/mol. The summed E-state index contributed by atoms with van der Waals surface area (Å²) in [6, 6.07) is 2.32. The van der Waals surface area contributed by atoms with Gasteiger partial charge in [-0.3, -0.25) is 4.57 Å². The SMILES string of the molecule is Cc1cnc2c(c1)nc(N)n2C1CCC(O)CC1. The van der Waals surface area contributed by atoms with E-state index in [1.54, 1.807) is 0 Å². The highest BCUT2D eigenvalue weighted by Gasteiger charge is 2.24. The van der Waals surface area contributed by atoms with Crippen LogP contribution in [0, 0.1) is 6.92 Å². The lowest BCUT2D eigenvalue weighted by atomic mass is 9.93. The molecule has 1 aliphatic carbocycles. The number of hydrogen-bond acceptors (Lipinski definition) is 4. The van der Waals surface area contributed by atoms with E-state index in [2.05, 4.69) is 9.97 Å². The Morgan fingerprint density at radius 2 is 2.06 bits per heavy atom. The maximum Gasteiger partial charge on any atom is 0.202 e. The first-order chi connectivity index (χ1) is 8.65. The van der Waals surface area contributed by atoms with Gasteiger partial charge < -0.3 is 10.8 Å². The Hall–Kier alpha value is -1.62. The molecule has 5 heteroatoms. The number of aliphatic hydroxyl groups is 1. The van der Waals surface area contributed by atoms with E-state index in [0.29, 0.717) is 12.0 Å². The zero-order valence-corrected chi connectivity index (χ0v) is 10.5. The fourth-order valence-corrected chi connectivity index (χ4v) is 2.78. The molecule has 0 bridgehead atoms. The zero-order valence-electron chi connectivity index (χ0n) is 10.5. The summed E-state index contributed by atoms with van der Waals surface area (Å²) in [5.41, 5.74) is 8.83. The molecule has 2 aromatic rings. The third kappa shape index (κ3) is 1.84. The van der Waals surface area contributed by atoms with Gasteiger partial charge in [0.2, 0.25) is 5.95 Å². The van der Waals surface area contributed by atoms with Gasteiger partial charge in [0.25, 0.3) is 0 Å². The average molecular weight is 246 g/mol. The second-order valence-electron chi connectivity index (χ2n) is 5.16. The van der Waals surface area contributed by atoms with Crippen LogP contribution in [0.1, 0.15) is 37.3 Å². The van der Waals surface area contributed by atoms with E-state index in [1.807, 2.05) is 23.8 Å². The fraction of sp³-hybridized carbons (Fsp3) is 0.538. The third-order valence-electron chi connectivity index (χ3n) is 3.73. The molecule has 0 amide bonds. The molecule has 18 heavy (non-hydrogen) atoms. The van der Waals surface area contributed by atoms with E-state index in [9.17, 15) is 5.11 Å². The molecular formula is C13H18N4O.